The average Bonchev–Trinajstić information content (AvgIpc) is 2.52. The first kappa shape index (κ1) is 20.2. The summed E-state index contributed by atoms with van der Waals surface area (Å²) in [6.45, 7) is 4.99. The van der Waals surface area contributed by atoms with Gasteiger partial charge in [0.2, 0.25) is 5.91 Å². The molecule has 0 radical (unpaired) electrons. The molecule has 0 fully saturated rings. The molecule has 136 valence electrons. The third-order valence-corrected chi connectivity index (χ3v) is 3.22. The summed E-state index contributed by atoms with van der Waals surface area (Å²) in [5.41, 5.74) is 0.401. The summed E-state index contributed by atoms with van der Waals surface area (Å²) in [5, 5.41) is 2.49. The molecule has 0 unspecified atom stereocenters. The van der Waals surface area contributed by atoms with Gasteiger partial charge in [-0.3, -0.25) is 4.79 Å². The average molecular weight is 348 g/mol. The van der Waals surface area contributed by atoms with Gasteiger partial charge in [0.1, 0.15) is 25.6 Å². The first-order valence-corrected chi connectivity index (χ1v) is 7.74. The van der Waals surface area contributed by atoms with Gasteiger partial charge in [-0.2, -0.15) is 13.2 Å². The SMILES string of the molecule is CCN(CC)CCOc1ccccc1NC(=O)COCC(F)(F)F. The zero-order valence-electron chi connectivity index (χ0n) is 13.9. The second kappa shape index (κ2) is 10.1. The van der Waals surface area contributed by atoms with Gasteiger partial charge in [-0.05, 0) is 25.2 Å². The molecule has 0 atom stereocenters. The maximum Gasteiger partial charge on any atom is 0.411 e. The summed E-state index contributed by atoms with van der Waals surface area (Å²) in [6, 6.07) is 6.76. The fraction of sp³-hybridized carbons (Fsp3) is 0.562. The van der Waals surface area contributed by atoms with Crippen molar-refractivity contribution >= 4 is 11.6 Å². The van der Waals surface area contributed by atoms with E-state index >= 15 is 0 Å². The number of para-hydroxylation sites is 2. The minimum Gasteiger partial charge on any atom is -0.490 e. The van der Waals surface area contributed by atoms with E-state index in [1.807, 2.05) is 0 Å². The molecule has 1 N–H and O–H groups in total. The van der Waals surface area contributed by atoms with E-state index in [1.165, 1.54) is 0 Å². The molecular formula is C16H23F3N2O3. The molecule has 0 heterocycles. The topological polar surface area (TPSA) is 50.8 Å². The van der Waals surface area contributed by atoms with Gasteiger partial charge in [0.25, 0.3) is 0 Å². The van der Waals surface area contributed by atoms with Crippen LogP contribution in [0, 0.1) is 0 Å². The lowest BCUT2D eigenvalue weighted by molar-refractivity contribution is -0.174. The summed E-state index contributed by atoms with van der Waals surface area (Å²) in [4.78, 5) is 13.8. The van der Waals surface area contributed by atoms with Crippen molar-refractivity contribution in [2.75, 3.05) is 44.8 Å². The predicted octanol–water partition coefficient (Wildman–Crippen LogP) is 2.92. The van der Waals surface area contributed by atoms with E-state index in [9.17, 15) is 18.0 Å². The molecule has 0 spiro atoms. The van der Waals surface area contributed by atoms with Gasteiger partial charge in [0, 0.05) is 6.54 Å². The van der Waals surface area contributed by atoms with Crippen LogP contribution in [0.15, 0.2) is 24.3 Å². The second-order valence-electron chi connectivity index (χ2n) is 5.03. The fourth-order valence-corrected chi connectivity index (χ4v) is 1.97. The minimum atomic E-state index is -4.45. The van der Waals surface area contributed by atoms with Crippen LogP contribution in [0.25, 0.3) is 0 Å². The molecule has 8 heteroatoms. The van der Waals surface area contributed by atoms with Crippen LogP contribution >= 0.6 is 0 Å². The standard InChI is InChI=1S/C16H23F3N2O3/c1-3-21(4-2)9-10-24-14-8-6-5-7-13(14)20-15(22)11-23-12-16(17,18)19/h5-8H,3-4,9-12H2,1-2H3,(H,20,22). The second-order valence-corrected chi connectivity index (χ2v) is 5.03. The van der Waals surface area contributed by atoms with E-state index in [1.54, 1.807) is 24.3 Å². The van der Waals surface area contributed by atoms with E-state index in [4.69, 9.17) is 4.74 Å². The van der Waals surface area contributed by atoms with Gasteiger partial charge in [0.05, 0.1) is 5.69 Å². The van der Waals surface area contributed by atoms with Crippen molar-refractivity contribution in [2.24, 2.45) is 0 Å². The number of amides is 1. The summed E-state index contributed by atoms with van der Waals surface area (Å²) < 4.78 is 45.9. The van der Waals surface area contributed by atoms with Crippen LogP contribution < -0.4 is 10.1 Å². The molecule has 1 aromatic rings. The third kappa shape index (κ3) is 8.16. The van der Waals surface area contributed by atoms with Crippen LogP contribution in [-0.4, -0.2) is 56.4 Å². The Bertz CT molecular complexity index is 506. The fourth-order valence-electron chi connectivity index (χ4n) is 1.97. The summed E-state index contributed by atoms with van der Waals surface area (Å²) in [5.74, 6) is -0.201. The number of nitrogens with one attached hydrogen (secondary N) is 1. The number of halogens is 3. The van der Waals surface area contributed by atoms with E-state index in [-0.39, 0.29) is 0 Å². The van der Waals surface area contributed by atoms with Crippen LogP contribution in [0.5, 0.6) is 5.75 Å². The highest BCUT2D eigenvalue weighted by Gasteiger charge is 2.27. The van der Waals surface area contributed by atoms with Crippen LogP contribution in [-0.2, 0) is 9.53 Å². The normalized spacial score (nSPS) is 11.6. The third-order valence-electron chi connectivity index (χ3n) is 3.22. The molecule has 1 aromatic carbocycles. The van der Waals surface area contributed by atoms with Crippen LogP contribution in [0.4, 0.5) is 18.9 Å². The molecule has 24 heavy (non-hydrogen) atoms. The van der Waals surface area contributed by atoms with Gasteiger partial charge < -0.3 is 19.7 Å². The Hall–Kier alpha value is -1.80. The van der Waals surface area contributed by atoms with Crippen molar-refractivity contribution in [3.05, 3.63) is 24.3 Å². The Morgan fingerprint density at radius 1 is 1.21 bits per heavy atom. The van der Waals surface area contributed by atoms with Crippen LogP contribution in [0.1, 0.15) is 13.8 Å². The van der Waals surface area contributed by atoms with Gasteiger partial charge in [0.15, 0.2) is 0 Å². The van der Waals surface area contributed by atoms with Crippen LogP contribution in [0.3, 0.4) is 0 Å². The van der Waals surface area contributed by atoms with Crippen molar-refractivity contribution in [3.63, 3.8) is 0 Å². The minimum absolute atomic E-state index is 0.401. The number of likely N-dealkylation sites (N-methyl/N-ethyl adjacent to an activating group) is 1. The molecule has 0 aliphatic rings. The molecule has 0 aromatic heterocycles. The van der Waals surface area contributed by atoms with E-state index in [2.05, 4.69) is 28.8 Å². The highest BCUT2D eigenvalue weighted by Crippen LogP contribution is 2.23. The lowest BCUT2D eigenvalue weighted by atomic mass is 10.3. The van der Waals surface area contributed by atoms with Gasteiger partial charge in [-0.15, -0.1) is 0 Å². The first-order valence-electron chi connectivity index (χ1n) is 7.74. The number of alkyl halides is 3. The smallest absolute Gasteiger partial charge is 0.411 e. The Balaban J connectivity index is 2.49. The van der Waals surface area contributed by atoms with Gasteiger partial charge in [-0.25, -0.2) is 0 Å². The molecular weight excluding hydrogens is 325 g/mol. The summed E-state index contributed by atoms with van der Waals surface area (Å²) >= 11 is 0. The number of ether oxygens (including phenoxy) is 2. The highest BCUT2D eigenvalue weighted by molar-refractivity contribution is 5.93. The molecule has 0 saturated heterocycles. The molecule has 5 nitrogen and oxygen atoms in total. The molecule has 0 aliphatic heterocycles. The zero-order chi connectivity index (χ0) is 18.0. The Morgan fingerprint density at radius 3 is 2.50 bits per heavy atom. The maximum atomic E-state index is 12.0. The van der Waals surface area contributed by atoms with Gasteiger partial charge >= 0.3 is 6.18 Å². The Kier molecular flexibility index (Phi) is 8.56. The number of anilines is 1. The largest absolute Gasteiger partial charge is 0.490 e. The van der Waals surface area contributed by atoms with Crippen molar-refractivity contribution in [1.82, 2.24) is 4.90 Å². The number of rotatable bonds is 10. The zero-order valence-corrected chi connectivity index (χ0v) is 13.9. The molecule has 0 bridgehead atoms. The van der Waals surface area contributed by atoms with Crippen LogP contribution in [0.2, 0.25) is 0 Å². The van der Waals surface area contributed by atoms with Crippen molar-refractivity contribution in [1.29, 1.82) is 0 Å². The number of carbonyl (C=O) groups excluding carboxylic acids is 1. The molecule has 1 rings (SSSR count). The van der Waals surface area contributed by atoms with Gasteiger partial charge in [-0.1, -0.05) is 26.0 Å². The maximum absolute atomic E-state index is 12.0. The Morgan fingerprint density at radius 2 is 1.88 bits per heavy atom. The molecule has 1 amide bonds. The Labute approximate surface area is 139 Å². The summed E-state index contributed by atoms with van der Waals surface area (Å²) in [6.07, 6.45) is -4.45. The molecule has 0 aliphatic carbocycles. The van der Waals surface area contributed by atoms with E-state index < -0.39 is 25.3 Å². The lowest BCUT2D eigenvalue weighted by Gasteiger charge is -2.19. The van der Waals surface area contributed by atoms with E-state index in [0.29, 0.717) is 18.0 Å². The van der Waals surface area contributed by atoms with Crippen molar-refractivity contribution in [2.45, 2.75) is 20.0 Å². The quantitative estimate of drug-likeness (QED) is 0.706. The number of carbonyl (C=O) groups is 1. The molecule has 0 saturated carbocycles. The summed E-state index contributed by atoms with van der Waals surface area (Å²) in [7, 11) is 0. The van der Waals surface area contributed by atoms with Crippen molar-refractivity contribution in [3.8, 4) is 5.75 Å². The highest BCUT2D eigenvalue weighted by atomic mass is 19.4. The first-order chi connectivity index (χ1) is 11.4. The number of hydrogen-bond acceptors (Lipinski definition) is 4. The predicted molar refractivity (Wildman–Crippen MR) is 85.2 cm³/mol. The van der Waals surface area contributed by atoms with Crippen molar-refractivity contribution < 1.29 is 27.4 Å². The monoisotopic (exact) mass is 348 g/mol. The number of nitrogens with zero attached hydrogens (tertiary/aromatic N) is 1. The number of benzene rings is 1. The lowest BCUT2D eigenvalue weighted by Crippen LogP contribution is -2.28. The van der Waals surface area contributed by atoms with E-state index in [0.717, 1.165) is 19.6 Å². The number of hydrogen-bond donors (Lipinski definition) is 1.